The van der Waals surface area contributed by atoms with Crippen LogP contribution in [-0.4, -0.2) is 34.6 Å². The van der Waals surface area contributed by atoms with Crippen molar-refractivity contribution in [3.63, 3.8) is 0 Å². The molecule has 0 spiro atoms. The summed E-state index contributed by atoms with van der Waals surface area (Å²) >= 11 is 0. The molecule has 3 N–H and O–H groups in total. The highest BCUT2D eigenvalue weighted by Gasteiger charge is 2.22. The number of oxazole rings is 1. The molecule has 1 aliphatic rings. The van der Waals surface area contributed by atoms with Crippen LogP contribution < -0.4 is 10.6 Å². The number of amides is 1. The summed E-state index contributed by atoms with van der Waals surface area (Å²) in [6.07, 6.45) is 3.85. The molecule has 2 aromatic rings. The molecular formula is C17H20N4O3. The smallest absolute Gasteiger partial charge is 0.276 e. The molecule has 1 aliphatic heterocycles. The van der Waals surface area contributed by atoms with Gasteiger partial charge in [0.05, 0.1) is 12.6 Å². The molecule has 3 rings (SSSR count). The van der Waals surface area contributed by atoms with Crippen molar-refractivity contribution >= 4 is 29.0 Å². The van der Waals surface area contributed by atoms with Crippen molar-refractivity contribution in [3.8, 4) is 0 Å². The molecule has 0 saturated heterocycles. The van der Waals surface area contributed by atoms with Gasteiger partial charge in [-0.05, 0) is 36.1 Å². The highest BCUT2D eigenvalue weighted by atomic mass is 16.3. The number of rotatable bonds is 5. The van der Waals surface area contributed by atoms with E-state index in [1.807, 2.05) is 12.1 Å². The molecule has 7 heteroatoms. The molecule has 1 aromatic carbocycles. The average Bonchev–Trinajstić information content (AvgIpc) is 3.12. The number of nitrogens with zero attached hydrogens (tertiary/aromatic N) is 2. The minimum absolute atomic E-state index is 0.0196. The first kappa shape index (κ1) is 16.2. The summed E-state index contributed by atoms with van der Waals surface area (Å²) in [5.74, 6) is 0.513. The van der Waals surface area contributed by atoms with E-state index in [2.05, 4.69) is 34.5 Å². The van der Waals surface area contributed by atoms with Crippen molar-refractivity contribution in [1.29, 1.82) is 0 Å². The number of aliphatic imine (C=N–C) groups is 1. The molecule has 24 heavy (non-hydrogen) atoms. The number of carbonyl (C=O) groups is 1. The lowest BCUT2D eigenvalue weighted by atomic mass is 10.0. The first-order valence-electron chi connectivity index (χ1n) is 7.87. The van der Waals surface area contributed by atoms with Crippen LogP contribution in [0.1, 0.15) is 25.8 Å². The molecule has 7 nitrogen and oxygen atoms in total. The summed E-state index contributed by atoms with van der Waals surface area (Å²) in [5.41, 5.74) is 2.52. The second kappa shape index (κ2) is 6.84. The van der Waals surface area contributed by atoms with Crippen molar-refractivity contribution in [2.45, 2.75) is 26.3 Å². The summed E-state index contributed by atoms with van der Waals surface area (Å²) in [6.45, 7) is 4.13. The summed E-state index contributed by atoms with van der Waals surface area (Å²) in [6, 6.07) is 5.33. The Morgan fingerprint density at radius 3 is 3.00 bits per heavy atom. The Morgan fingerprint density at radius 2 is 2.25 bits per heavy atom. The number of nitrogens with one attached hydrogen (secondary N) is 2. The zero-order valence-electron chi connectivity index (χ0n) is 13.6. The lowest BCUT2D eigenvalue weighted by molar-refractivity contribution is -0.115. The Bertz CT molecular complexity index is 807. The fourth-order valence-electron chi connectivity index (χ4n) is 2.60. The number of aliphatic hydroxyl groups excluding tert-OH is 1. The van der Waals surface area contributed by atoms with Crippen LogP contribution in [0.2, 0.25) is 0 Å². The Hall–Kier alpha value is -2.67. The molecule has 126 valence electrons. The predicted molar refractivity (Wildman–Crippen MR) is 91.0 cm³/mol. The summed E-state index contributed by atoms with van der Waals surface area (Å²) in [4.78, 5) is 20.4. The lowest BCUT2D eigenvalue weighted by Gasteiger charge is -2.18. The number of benzene rings is 1. The molecule has 0 aliphatic carbocycles. The minimum atomic E-state index is -0.281. The normalized spacial score (nSPS) is 17.4. The first-order valence-corrected chi connectivity index (χ1v) is 7.87. The predicted octanol–water partition coefficient (Wildman–Crippen LogP) is 1.65. The van der Waals surface area contributed by atoms with Crippen molar-refractivity contribution < 1.29 is 14.3 Å². The molecule has 0 radical (unpaired) electrons. The molecule has 1 amide bonds. The second-order valence-corrected chi connectivity index (χ2v) is 6.18. The number of guanidine groups is 1. The number of aliphatic hydroxyl groups is 1. The fraction of sp³-hybridized carbons (Fsp3) is 0.353. The van der Waals surface area contributed by atoms with E-state index in [1.54, 1.807) is 12.1 Å². The Labute approximate surface area is 139 Å². The quantitative estimate of drug-likeness (QED) is 0.725. The number of aromatic nitrogens is 1. The maximum atomic E-state index is 12.1. The highest BCUT2D eigenvalue weighted by molar-refractivity contribution is 6.13. The van der Waals surface area contributed by atoms with Gasteiger partial charge < -0.3 is 14.8 Å². The second-order valence-electron chi connectivity index (χ2n) is 6.18. The van der Waals surface area contributed by atoms with Crippen LogP contribution in [0.25, 0.3) is 17.2 Å². The van der Waals surface area contributed by atoms with Gasteiger partial charge >= 0.3 is 0 Å². The van der Waals surface area contributed by atoms with E-state index in [0.29, 0.717) is 23.2 Å². The van der Waals surface area contributed by atoms with E-state index >= 15 is 0 Å². The third-order valence-electron chi connectivity index (χ3n) is 3.67. The number of fused-ring (bicyclic) bond motifs is 1. The molecule has 1 unspecified atom stereocenters. The Kier molecular flexibility index (Phi) is 4.61. The van der Waals surface area contributed by atoms with Crippen LogP contribution in [-0.2, 0) is 4.79 Å². The van der Waals surface area contributed by atoms with Gasteiger partial charge in [0.1, 0.15) is 11.2 Å². The Balaban J connectivity index is 1.77. The van der Waals surface area contributed by atoms with Gasteiger partial charge in [-0.2, -0.15) is 0 Å². The standard InChI is InChI=1S/C17H20N4O3/c1-10(2)5-12(8-22)19-17-20-14(16(23)21-17)6-11-3-4-13-15(7-11)24-9-18-13/h3-4,6-7,9-10,12,22H,5,8H2,1-2H3,(H2,19,20,21,23)/b14-6-. The van der Waals surface area contributed by atoms with Gasteiger partial charge in [-0.25, -0.2) is 9.98 Å². The van der Waals surface area contributed by atoms with E-state index in [4.69, 9.17) is 4.42 Å². The first-order chi connectivity index (χ1) is 11.5. The van der Waals surface area contributed by atoms with Crippen molar-refractivity contribution in [2.24, 2.45) is 10.9 Å². The van der Waals surface area contributed by atoms with Gasteiger partial charge in [0, 0.05) is 0 Å². The van der Waals surface area contributed by atoms with Crippen molar-refractivity contribution in [1.82, 2.24) is 15.6 Å². The van der Waals surface area contributed by atoms with Gasteiger partial charge in [0.25, 0.3) is 5.91 Å². The molecule has 0 saturated carbocycles. The van der Waals surface area contributed by atoms with E-state index in [0.717, 1.165) is 17.5 Å². The van der Waals surface area contributed by atoms with E-state index in [-0.39, 0.29) is 18.6 Å². The zero-order chi connectivity index (χ0) is 17.1. The third-order valence-corrected chi connectivity index (χ3v) is 3.67. The molecule has 1 atom stereocenters. The maximum absolute atomic E-state index is 12.1. The van der Waals surface area contributed by atoms with Crippen molar-refractivity contribution in [3.05, 3.63) is 35.9 Å². The highest BCUT2D eigenvalue weighted by Crippen LogP contribution is 2.18. The fourth-order valence-corrected chi connectivity index (χ4v) is 2.60. The maximum Gasteiger partial charge on any atom is 0.276 e. The van der Waals surface area contributed by atoms with Gasteiger partial charge in [-0.3, -0.25) is 10.1 Å². The van der Waals surface area contributed by atoms with Crippen LogP contribution >= 0.6 is 0 Å². The van der Waals surface area contributed by atoms with E-state index in [9.17, 15) is 9.90 Å². The van der Waals surface area contributed by atoms with E-state index in [1.165, 1.54) is 6.39 Å². The topological polar surface area (TPSA) is 99.8 Å². The minimum Gasteiger partial charge on any atom is -0.443 e. The summed E-state index contributed by atoms with van der Waals surface area (Å²) in [5, 5.41) is 15.2. The van der Waals surface area contributed by atoms with Gasteiger partial charge in [0.2, 0.25) is 5.96 Å². The molecular weight excluding hydrogens is 308 g/mol. The van der Waals surface area contributed by atoms with Crippen LogP contribution in [0.4, 0.5) is 0 Å². The van der Waals surface area contributed by atoms with Gasteiger partial charge in [-0.1, -0.05) is 19.9 Å². The SMILES string of the molecule is CC(C)CC(CO)NC1=N/C(=C\c2ccc3ncoc3c2)C(=O)N1. The van der Waals surface area contributed by atoms with Crippen LogP contribution in [0.15, 0.2) is 39.7 Å². The number of hydrogen-bond donors (Lipinski definition) is 3. The molecule has 0 bridgehead atoms. The summed E-state index contributed by atoms with van der Waals surface area (Å²) in [7, 11) is 0. The van der Waals surface area contributed by atoms with Gasteiger partial charge in [0.15, 0.2) is 12.0 Å². The molecule has 1 aromatic heterocycles. The third kappa shape index (κ3) is 3.62. The van der Waals surface area contributed by atoms with Crippen molar-refractivity contribution in [2.75, 3.05) is 6.61 Å². The van der Waals surface area contributed by atoms with Crippen LogP contribution in [0.3, 0.4) is 0 Å². The molecule has 2 heterocycles. The molecule has 0 fully saturated rings. The largest absolute Gasteiger partial charge is 0.443 e. The average molecular weight is 328 g/mol. The van der Waals surface area contributed by atoms with Crippen LogP contribution in [0, 0.1) is 5.92 Å². The zero-order valence-corrected chi connectivity index (χ0v) is 13.6. The lowest BCUT2D eigenvalue weighted by Crippen LogP contribution is -2.44. The number of hydrogen-bond acceptors (Lipinski definition) is 6. The number of carbonyl (C=O) groups excluding carboxylic acids is 1. The summed E-state index contributed by atoms with van der Waals surface area (Å²) < 4.78 is 5.26. The van der Waals surface area contributed by atoms with E-state index < -0.39 is 0 Å². The monoisotopic (exact) mass is 328 g/mol. The van der Waals surface area contributed by atoms with Crippen LogP contribution in [0.5, 0.6) is 0 Å². The van der Waals surface area contributed by atoms with Gasteiger partial charge in [-0.15, -0.1) is 0 Å². The Morgan fingerprint density at radius 1 is 1.42 bits per heavy atom.